The minimum atomic E-state index is -4.02. The first-order valence-corrected chi connectivity index (χ1v) is 14.0. The molecule has 0 aliphatic rings. The Labute approximate surface area is 215 Å². The predicted molar refractivity (Wildman–Crippen MR) is 137 cm³/mol. The number of nitrogens with zero attached hydrogens (tertiary/aromatic N) is 3. The van der Waals surface area contributed by atoms with Gasteiger partial charge in [0, 0.05) is 30.4 Å². The molecule has 2 aromatic carbocycles. The number of anilines is 2. The average molecular weight is 550 g/mol. The maximum atomic E-state index is 12.8. The van der Waals surface area contributed by atoms with Crippen LogP contribution in [-0.4, -0.2) is 64.3 Å². The van der Waals surface area contributed by atoms with Gasteiger partial charge in [0.2, 0.25) is 15.9 Å². The molecule has 1 heterocycles. The minimum absolute atomic E-state index is 0.0486. The molecule has 2 N–H and O–H groups in total. The molecule has 0 spiro atoms. The Kier molecular flexibility index (Phi) is 8.68. The lowest BCUT2D eigenvalue weighted by atomic mass is 10.2. The molecule has 1 amide bonds. The van der Waals surface area contributed by atoms with Crippen molar-refractivity contribution < 1.29 is 31.1 Å². The van der Waals surface area contributed by atoms with Crippen molar-refractivity contribution in [3.8, 4) is 11.9 Å². The number of sulfonamides is 2. The van der Waals surface area contributed by atoms with Crippen LogP contribution in [0.4, 0.5) is 11.5 Å². The van der Waals surface area contributed by atoms with Gasteiger partial charge in [-0.25, -0.2) is 16.8 Å². The fourth-order valence-corrected chi connectivity index (χ4v) is 5.71. The van der Waals surface area contributed by atoms with Crippen molar-refractivity contribution in [2.24, 2.45) is 0 Å². The Morgan fingerprint density at radius 3 is 2.00 bits per heavy atom. The number of methoxy groups -OCH3 is 2. The number of rotatable bonds is 11. The Morgan fingerprint density at radius 2 is 1.46 bits per heavy atom. The Balaban J connectivity index is 1.71. The second-order valence-corrected chi connectivity index (χ2v) is 11.1. The summed E-state index contributed by atoms with van der Waals surface area (Å²) in [5, 5.41) is 2.65. The highest BCUT2D eigenvalue weighted by Gasteiger charge is 2.22. The normalized spacial score (nSPS) is 11.7. The highest BCUT2D eigenvalue weighted by Crippen LogP contribution is 2.22. The van der Waals surface area contributed by atoms with Crippen LogP contribution in [0.15, 0.2) is 64.4 Å². The van der Waals surface area contributed by atoms with Gasteiger partial charge in [-0.3, -0.25) is 9.52 Å². The van der Waals surface area contributed by atoms with E-state index in [4.69, 9.17) is 9.47 Å². The van der Waals surface area contributed by atoms with Crippen LogP contribution in [0.3, 0.4) is 0 Å². The Morgan fingerprint density at radius 1 is 0.865 bits per heavy atom. The number of nitrogens with one attached hydrogen (secondary N) is 2. The average Bonchev–Trinajstić information content (AvgIpc) is 2.89. The second-order valence-electron chi connectivity index (χ2n) is 7.48. The first kappa shape index (κ1) is 27.8. The summed E-state index contributed by atoms with van der Waals surface area (Å²) in [4.78, 5) is 20.5. The third-order valence-corrected chi connectivity index (χ3v) is 8.63. The molecule has 1 aromatic heterocycles. The van der Waals surface area contributed by atoms with Gasteiger partial charge in [-0.2, -0.15) is 14.3 Å². The number of amides is 1. The monoisotopic (exact) mass is 549 g/mol. The van der Waals surface area contributed by atoms with Crippen molar-refractivity contribution in [3.63, 3.8) is 0 Å². The molecule has 0 aliphatic heterocycles. The van der Waals surface area contributed by atoms with Crippen LogP contribution in [-0.2, 0) is 20.0 Å². The molecule has 0 saturated heterocycles. The number of aromatic nitrogens is 2. The number of hydrogen-bond acceptors (Lipinski definition) is 9. The van der Waals surface area contributed by atoms with Gasteiger partial charge >= 0.3 is 6.01 Å². The summed E-state index contributed by atoms with van der Waals surface area (Å²) in [6, 6.07) is 12.3. The Bertz CT molecular complexity index is 1430. The molecule has 12 nitrogen and oxygen atoms in total. The van der Waals surface area contributed by atoms with Crippen LogP contribution >= 0.6 is 0 Å². The highest BCUT2D eigenvalue weighted by atomic mass is 32.2. The lowest BCUT2D eigenvalue weighted by Gasteiger charge is -2.18. The number of carbonyl (C=O) groups is 1. The molecule has 0 unspecified atom stereocenters. The second kappa shape index (κ2) is 11.5. The summed E-state index contributed by atoms with van der Waals surface area (Å²) < 4.78 is 64.4. The van der Waals surface area contributed by atoms with Crippen LogP contribution in [0.25, 0.3) is 0 Å². The van der Waals surface area contributed by atoms with E-state index in [-0.39, 0.29) is 33.1 Å². The Hall–Kier alpha value is -3.75. The van der Waals surface area contributed by atoms with Gasteiger partial charge in [0.15, 0.2) is 5.82 Å². The number of carbonyl (C=O) groups excluding carboxylic acids is 1. The van der Waals surface area contributed by atoms with Crippen molar-refractivity contribution in [2.75, 3.05) is 37.3 Å². The highest BCUT2D eigenvalue weighted by molar-refractivity contribution is 7.92. The van der Waals surface area contributed by atoms with Crippen molar-refractivity contribution in [2.45, 2.75) is 23.6 Å². The first-order valence-electron chi connectivity index (χ1n) is 11.1. The van der Waals surface area contributed by atoms with Crippen molar-refractivity contribution >= 4 is 37.5 Å². The molecule has 3 aromatic rings. The molecule has 198 valence electrons. The van der Waals surface area contributed by atoms with E-state index in [1.54, 1.807) is 13.8 Å². The third kappa shape index (κ3) is 6.53. The molecular weight excluding hydrogens is 522 g/mol. The van der Waals surface area contributed by atoms with Gasteiger partial charge in [-0.1, -0.05) is 13.8 Å². The molecule has 0 bridgehead atoms. The summed E-state index contributed by atoms with van der Waals surface area (Å²) in [7, 11) is -4.94. The van der Waals surface area contributed by atoms with E-state index >= 15 is 0 Å². The number of ether oxygens (including phenoxy) is 2. The van der Waals surface area contributed by atoms with Crippen LogP contribution in [0.1, 0.15) is 24.2 Å². The summed E-state index contributed by atoms with van der Waals surface area (Å²) in [5.74, 6) is -0.422. The molecule has 0 saturated carbocycles. The summed E-state index contributed by atoms with van der Waals surface area (Å²) in [6.45, 7) is 4.17. The smallest absolute Gasteiger partial charge is 0.321 e. The molecule has 14 heteroatoms. The van der Waals surface area contributed by atoms with Crippen LogP contribution in [0.5, 0.6) is 11.9 Å². The van der Waals surface area contributed by atoms with E-state index in [1.807, 2.05) is 0 Å². The van der Waals surface area contributed by atoms with Gasteiger partial charge in [0.05, 0.1) is 24.0 Å². The fourth-order valence-electron chi connectivity index (χ4n) is 3.26. The van der Waals surface area contributed by atoms with E-state index in [0.29, 0.717) is 18.8 Å². The first-order chi connectivity index (χ1) is 17.5. The SMILES string of the molecule is CCN(CC)S(=O)(=O)c1ccc(C(=O)Nc2ccc(S(=O)(=O)Nc3cc(OC)nc(OC)n3)cc2)cc1. The zero-order chi connectivity index (χ0) is 27.2. The van der Waals surface area contributed by atoms with Crippen molar-refractivity contribution in [1.29, 1.82) is 0 Å². The molecule has 0 atom stereocenters. The zero-order valence-corrected chi connectivity index (χ0v) is 22.3. The van der Waals surface area contributed by atoms with Gasteiger partial charge < -0.3 is 14.8 Å². The fraction of sp³-hybridized carbons (Fsp3) is 0.261. The lowest BCUT2D eigenvalue weighted by Crippen LogP contribution is -2.30. The molecule has 0 fully saturated rings. The third-order valence-electron chi connectivity index (χ3n) is 5.19. The maximum Gasteiger partial charge on any atom is 0.321 e. The zero-order valence-electron chi connectivity index (χ0n) is 20.6. The predicted octanol–water partition coefficient (Wildman–Crippen LogP) is 2.58. The lowest BCUT2D eigenvalue weighted by molar-refractivity contribution is 0.102. The van der Waals surface area contributed by atoms with E-state index in [2.05, 4.69) is 20.0 Å². The number of benzene rings is 2. The van der Waals surface area contributed by atoms with Crippen LogP contribution in [0.2, 0.25) is 0 Å². The molecule has 0 aliphatic carbocycles. The van der Waals surface area contributed by atoms with Crippen molar-refractivity contribution in [1.82, 2.24) is 14.3 Å². The summed E-state index contributed by atoms with van der Waals surface area (Å²) in [6.07, 6.45) is 0. The van der Waals surface area contributed by atoms with Gasteiger partial charge in [0.1, 0.15) is 0 Å². The van der Waals surface area contributed by atoms with Gasteiger partial charge in [-0.15, -0.1) is 0 Å². The van der Waals surface area contributed by atoms with E-state index in [9.17, 15) is 21.6 Å². The van der Waals surface area contributed by atoms with Gasteiger partial charge in [-0.05, 0) is 48.5 Å². The summed E-state index contributed by atoms with van der Waals surface area (Å²) >= 11 is 0. The quantitative estimate of drug-likeness (QED) is 0.367. The topological polar surface area (TPSA) is 157 Å². The van der Waals surface area contributed by atoms with Gasteiger partial charge in [0.25, 0.3) is 15.9 Å². The molecule has 3 rings (SSSR count). The molecule has 0 radical (unpaired) electrons. The maximum absolute atomic E-state index is 12.8. The van der Waals surface area contributed by atoms with E-state index in [0.717, 1.165) is 0 Å². The van der Waals surface area contributed by atoms with Crippen LogP contribution < -0.4 is 19.5 Å². The summed E-state index contributed by atoms with van der Waals surface area (Å²) in [5.41, 5.74) is 0.581. The number of hydrogen-bond donors (Lipinski definition) is 2. The largest absolute Gasteiger partial charge is 0.481 e. The minimum Gasteiger partial charge on any atom is -0.481 e. The van der Waals surface area contributed by atoms with Crippen LogP contribution in [0, 0.1) is 0 Å². The molecular formula is C23H27N5O7S2. The standard InChI is InChI=1S/C23H27N5O7S2/c1-5-28(6-2)37(32,33)19-11-7-16(8-12-19)22(29)24-17-9-13-18(14-10-17)36(30,31)27-20-15-21(34-3)26-23(25-20)35-4/h7-15H,5-6H2,1-4H3,(H,24,29)(H,25,26,27). The van der Waals surface area contributed by atoms with Crippen molar-refractivity contribution in [3.05, 3.63) is 60.2 Å². The van der Waals surface area contributed by atoms with E-state index < -0.39 is 26.0 Å². The van der Waals surface area contributed by atoms with E-state index in [1.165, 1.54) is 73.1 Å². The molecule has 37 heavy (non-hydrogen) atoms.